The average molecular weight is 387 g/mol. The van der Waals surface area contributed by atoms with Crippen molar-refractivity contribution >= 4 is 11.9 Å². The number of ether oxygens (including phenoxy) is 3. The Morgan fingerprint density at radius 3 is 2.57 bits per heavy atom. The van der Waals surface area contributed by atoms with Gasteiger partial charge in [-0.2, -0.15) is 0 Å². The molecule has 148 valence electrons. The summed E-state index contributed by atoms with van der Waals surface area (Å²) in [7, 11) is 0. The van der Waals surface area contributed by atoms with E-state index < -0.39 is 24.3 Å². The molecule has 0 bridgehead atoms. The van der Waals surface area contributed by atoms with E-state index in [1.165, 1.54) is 18.2 Å². The molecule has 0 unspecified atom stereocenters. The van der Waals surface area contributed by atoms with Gasteiger partial charge in [-0.15, -0.1) is 0 Å². The van der Waals surface area contributed by atoms with E-state index >= 15 is 0 Å². The van der Waals surface area contributed by atoms with Crippen LogP contribution in [0.15, 0.2) is 42.5 Å². The second-order valence-electron chi connectivity index (χ2n) is 6.78. The van der Waals surface area contributed by atoms with Crippen LogP contribution < -0.4 is 14.8 Å². The minimum atomic E-state index is -0.755. The first-order chi connectivity index (χ1) is 13.4. The highest BCUT2D eigenvalue weighted by atomic mass is 19.1. The summed E-state index contributed by atoms with van der Waals surface area (Å²) in [6, 6.07) is 10.4. The summed E-state index contributed by atoms with van der Waals surface area (Å²) in [6.07, 6.45) is 0. The molecule has 2 aromatic rings. The Kier molecular flexibility index (Phi) is 6.13. The van der Waals surface area contributed by atoms with Crippen LogP contribution >= 0.6 is 0 Å². The number of benzene rings is 2. The number of esters is 1. The minimum Gasteiger partial charge on any atom is -0.486 e. The Balaban J connectivity index is 1.62. The fourth-order valence-corrected chi connectivity index (χ4v) is 2.93. The molecule has 0 saturated heterocycles. The topological polar surface area (TPSA) is 73.9 Å². The zero-order valence-corrected chi connectivity index (χ0v) is 15.7. The molecule has 0 spiro atoms. The van der Waals surface area contributed by atoms with Crippen LogP contribution in [-0.2, 0) is 9.53 Å². The maximum absolute atomic E-state index is 13.2. The van der Waals surface area contributed by atoms with Gasteiger partial charge in [-0.3, -0.25) is 4.79 Å². The predicted octanol–water partition coefficient (Wildman–Crippen LogP) is 3.27. The second kappa shape index (κ2) is 8.73. The SMILES string of the molecule is CC(C)[C@@H](NC(=O)COC(=O)c1cccc(F)c1)c1ccc2c(c1)OCCO2. The van der Waals surface area contributed by atoms with Crippen LogP contribution in [0.1, 0.15) is 35.8 Å². The summed E-state index contributed by atoms with van der Waals surface area (Å²) >= 11 is 0. The Morgan fingerprint density at radius 2 is 1.86 bits per heavy atom. The fraction of sp³-hybridized carbons (Fsp3) is 0.333. The average Bonchev–Trinajstić information content (AvgIpc) is 2.69. The molecule has 1 N–H and O–H groups in total. The lowest BCUT2D eigenvalue weighted by atomic mass is 9.95. The highest BCUT2D eigenvalue weighted by Gasteiger charge is 2.22. The molecule has 1 atom stereocenters. The molecular formula is C21H22FNO5. The number of rotatable bonds is 6. The molecular weight excluding hydrogens is 365 g/mol. The van der Waals surface area contributed by atoms with Crippen molar-refractivity contribution in [3.63, 3.8) is 0 Å². The molecule has 7 heteroatoms. The Morgan fingerprint density at radius 1 is 1.11 bits per heavy atom. The molecule has 3 rings (SSSR count). The molecule has 28 heavy (non-hydrogen) atoms. The molecule has 1 aliphatic heterocycles. The summed E-state index contributed by atoms with van der Waals surface area (Å²) in [4.78, 5) is 24.3. The van der Waals surface area contributed by atoms with Gasteiger partial charge in [0.05, 0.1) is 11.6 Å². The van der Waals surface area contributed by atoms with Crippen LogP contribution in [0.3, 0.4) is 0 Å². The lowest BCUT2D eigenvalue weighted by Crippen LogP contribution is -2.35. The van der Waals surface area contributed by atoms with E-state index in [1.807, 2.05) is 32.0 Å². The Labute approximate surface area is 162 Å². The molecule has 6 nitrogen and oxygen atoms in total. The first-order valence-electron chi connectivity index (χ1n) is 9.05. The number of fused-ring (bicyclic) bond motifs is 1. The van der Waals surface area contributed by atoms with Gasteiger partial charge in [0.1, 0.15) is 19.0 Å². The largest absolute Gasteiger partial charge is 0.486 e. The van der Waals surface area contributed by atoms with Gasteiger partial charge >= 0.3 is 5.97 Å². The third-order valence-corrected chi connectivity index (χ3v) is 4.30. The van der Waals surface area contributed by atoms with Gasteiger partial charge in [0.25, 0.3) is 5.91 Å². The summed E-state index contributed by atoms with van der Waals surface area (Å²) < 4.78 is 29.3. The number of amides is 1. The quantitative estimate of drug-likeness (QED) is 0.770. The molecule has 0 aromatic heterocycles. The molecule has 0 aliphatic carbocycles. The molecule has 2 aromatic carbocycles. The van der Waals surface area contributed by atoms with Gasteiger partial charge in [0.2, 0.25) is 0 Å². The first kappa shape index (κ1) is 19.7. The van der Waals surface area contributed by atoms with Crippen LogP contribution in [0, 0.1) is 11.7 Å². The van der Waals surface area contributed by atoms with E-state index in [1.54, 1.807) is 0 Å². The first-order valence-corrected chi connectivity index (χ1v) is 9.05. The van der Waals surface area contributed by atoms with Gasteiger partial charge in [0, 0.05) is 0 Å². The van der Waals surface area contributed by atoms with Crippen molar-refractivity contribution < 1.29 is 28.2 Å². The third-order valence-electron chi connectivity index (χ3n) is 4.30. The van der Waals surface area contributed by atoms with Crippen molar-refractivity contribution in [2.45, 2.75) is 19.9 Å². The van der Waals surface area contributed by atoms with E-state index in [2.05, 4.69) is 5.32 Å². The lowest BCUT2D eigenvalue weighted by Gasteiger charge is -2.25. The minimum absolute atomic E-state index is 0.0556. The van der Waals surface area contributed by atoms with Gasteiger partial charge in [-0.1, -0.05) is 26.0 Å². The molecule has 0 fully saturated rings. The van der Waals surface area contributed by atoms with E-state index in [-0.39, 0.29) is 17.5 Å². The molecule has 1 amide bonds. The van der Waals surface area contributed by atoms with Gasteiger partial charge in [-0.05, 0) is 41.8 Å². The van der Waals surface area contributed by atoms with Gasteiger partial charge in [-0.25, -0.2) is 9.18 Å². The molecule has 0 saturated carbocycles. The summed E-state index contributed by atoms with van der Waals surface area (Å²) in [5.41, 5.74) is 0.920. The van der Waals surface area contributed by atoms with Crippen LogP contribution in [0.5, 0.6) is 11.5 Å². The van der Waals surface area contributed by atoms with E-state index in [0.717, 1.165) is 11.6 Å². The van der Waals surface area contributed by atoms with Crippen molar-refractivity contribution in [2.24, 2.45) is 5.92 Å². The van der Waals surface area contributed by atoms with Crippen LogP contribution in [0.25, 0.3) is 0 Å². The van der Waals surface area contributed by atoms with Crippen LogP contribution in [0.4, 0.5) is 4.39 Å². The zero-order chi connectivity index (χ0) is 20.1. The fourth-order valence-electron chi connectivity index (χ4n) is 2.93. The highest BCUT2D eigenvalue weighted by Crippen LogP contribution is 2.34. The number of hydrogen-bond acceptors (Lipinski definition) is 5. The Hall–Kier alpha value is -3.09. The predicted molar refractivity (Wildman–Crippen MR) is 99.8 cm³/mol. The van der Waals surface area contributed by atoms with Gasteiger partial charge in [0.15, 0.2) is 18.1 Å². The maximum atomic E-state index is 13.2. The molecule has 0 radical (unpaired) electrons. The normalized spacial score (nSPS) is 13.7. The van der Waals surface area contributed by atoms with E-state index in [0.29, 0.717) is 24.7 Å². The van der Waals surface area contributed by atoms with Crippen molar-refractivity contribution in [1.29, 1.82) is 0 Å². The summed E-state index contributed by atoms with van der Waals surface area (Å²) in [6.45, 7) is 4.47. The summed E-state index contributed by atoms with van der Waals surface area (Å²) in [5.74, 6) is -0.342. The monoisotopic (exact) mass is 387 g/mol. The zero-order valence-electron chi connectivity index (χ0n) is 15.7. The highest BCUT2D eigenvalue weighted by molar-refractivity contribution is 5.91. The van der Waals surface area contributed by atoms with Crippen molar-refractivity contribution in [3.05, 3.63) is 59.4 Å². The summed E-state index contributed by atoms with van der Waals surface area (Å²) in [5, 5.41) is 2.87. The van der Waals surface area contributed by atoms with Crippen LogP contribution in [-0.4, -0.2) is 31.7 Å². The maximum Gasteiger partial charge on any atom is 0.338 e. The third kappa shape index (κ3) is 4.79. The van der Waals surface area contributed by atoms with E-state index in [4.69, 9.17) is 14.2 Å². The number of hydrogen-bond donors (Lipinski definition) is 1. The van der Waals surface area contributed by atoms with Crippen molar-refractivity contribution in [3.8, 4) is 11.5 Å². The number of carbonyl (C=O) groups is 2. The lowest BCUT2D eigenvalue weighted by molar-refractivity contribution is -0.125. The smallest absolute Gasteiger partial charge is 0.338 e. The van der Waals surface area contributed by atoms with Crippen molar-refractivity contribution in [1.82, 2.24) is 5.32 Å². The number of nitrogens with one attached hydrogen (secondary N) is 1. The van der Waals surface area contributed by atoms with E-state index in [9.17, 15) is 14.0 Å². The molecule has 1 heterocycles. The Bertz CT molecular complexity index is 868. The van der Waals surface area contributed by atoms with Crippen LogP contribution in [0.2, 0.25) is 0 Å². The number of carbonyl (C=O) groups excluding carboxylic acids is 2. The van der Waals surface area contributed by atoms with Gasteiger partial charge < -0.3 is 19.5 Å². The number of halogens is 1. The standard InChI is InChI=1S/C21H22FNO5/c1-13(2)20(14-6-7-17-18(11-14)27-9-8-26-17)23-19(24)12-28-21(25)15-4-3-5-16(22)10-15/h3-7,10-11,13,20H,8-9,12H2,1-2H3,(H,23,24)/t20-/m1/s1. The molecule has 1 aliphatic rings. The second-order valence-corrected chi connectivity index (χ2v) is 6.78. The van der Waals surface area contributed by atoms with Crippen molar-refractivity contribution in [2.75, 3.05) is 19.8 Å².